The molecule has 170 valence electrons. The molecule has 3 rings (SSSR count). The Bertz CT molecular complexity index is 932. The summed E-state index contributed by atoms with van der Waals surface area (Å²) in [6.07, 6.45) is 0. The molecule has 0 saturated carbocycles. The normalized spacial score (nSPS) is 19.7. The number of amides is 1. The number of benzene rings is 1. The molecule has 8 nitrogen and oxygen atoms in total. The maximum atomic E-state index is 12.9. The summed E-state index contributed by atoms with van der Waals surface area (Å²) in [5.41, 5.74) is 5.17. The molecule has 31 heavy (non-hydrogen) atoms. The fourth-order valence-corrected chi connectivity index (χ4v) is 4.39. The van der Waals surface area contributed by atoms with Crippen LogP contribution in [0.3, 0.4) is 0 Å². The number of nitrogens with zero attached hydrogens (tertiary/aromatic N) is 2. The number of rotatable bonds is 7. The first kappa shape index (κ1) is 23.1. The fraction of sp³-hybridized carbons (Fsp3) is 0.565. The summed E-state index contributed by atoms with van der Waals surface area (Å²) in [7, 11) is 5.24. The molecule has 1 aromatic carbocycles. The van der Waals surface area contributed by atoms with Gasteiger partial charge in [-0.3, -0.25) is 9.48 Å². The van der Waals surface area contributed by atoms with Crippen LogP contribution in [0.1, 0.15) is 29.4 Å². The van der Waals surface area contributed by atoms with Gasteiger partial charge < -0.3 is 24.6 Å². The number of piperazine rings is 1. The lowest BCUT2D eigenvalue weighted by Gasteiger charge is -2.33. The topological polar surface area (TPSA) is 74.3 Å². The molecular weight excluding hydrogens is 394 g/mol. The van der Waals surface area contributed by atoms with Crippen LogP contribution in [0.25, 0.3) is 0 Å². The molecular formula is C23H37N5O3+2. The Morgan fingerprint density at radius 2 is 1.74 bits per heavy atom. The molecule has 8 heteroatoms. The molecule has 0 bridgehead atoms. The summed E-state index contributed by atoms with van der Waals surface area (Å²) in [5, 5.41) is 7.49. The highest BCUT2D eigenvalue weighted by molar-refractivity contribution is 5.94. The highest BCUT2D eigenvalue weighted by Gasteiger charge is 2.32. The van der Waals surface area contributed by atoms with Crippen LogP contribution >= 0.6 is 0 Å². The number of aryl methyl sites for hydroxylation is 3. The molecule has 1 fully saturated rings. The van der Waals surface area contributed by atoms with Gasteiger partial charge in [0.15, 0.2) is 17.5 Å². The smallest absolute Gasteiger partial charge is 0.282 e. The van der Waals surface area contributed by atoms with Crippen LogP contribution in [0.15, 0.2) is 12.1 Å². The summed E-state index contributed by atoms with van der Waals surface area (Å²) in [6, 6.07) is 4.04. The van der Waals surface area contributed by atoms with Crippen molar-refractivity contribution in [2.24, 2.45) is 7.05 Å². The second-order valence-electron chi connectivity index (χ2n) is 8.60. The van der Waals surface area contributed by atoms with Gasteiger partial charge in [-0.2, -0.15) is 5.10 Å². The van der Waals surface area contributed by atoms with Gasteiger partial charge in [-0.15, -0.1) is 0 Å². The fourth-order valence-electron chi connectivity index (χ4n) is 4.39. The van der Waals surface area contributed by atoms with Crippen molar-refractivity contribution >= 4 is 11.6 Å². The maximum absolute atomic E-state index is 12.9. The Hall–Kier alpha value is -2.58. The third-order valence-corrected chi connectivity index (χ3v) is 6.64. The highest BCUT2D eigenvalue weighted by atomic mass is 16.5. The van der Waals surface area contributed by atoms with Crippen LogP contribution in [0.4, 0.5) is 5.69 Å². The predicted molar refractivity (Wildman–Crippen MR) is 120 cm³/mol. The zero-order valence-electron chi connectivity index (χ0n) is 19.9. The first-order valence-electron chi connectivity index (χ1n) is 11.0. The van der Waals surface area contributed by atoms with Gasteiger partial charge in [0.05, 0.1) is 31.3 Å². The van der Waals surface area contributed by atoms with E-state index in [1.807, 2.05) is 33.9 Å². The quantitative estimate of drug-likeness (QED) is 0.562. The summed E-state index contributed by atoms with van der Waals surface area (Å²) in [5.74, 6) is 1.61. The molecule has 1 amide bonds. The van der Waals surface area contributed by atoms with Gasteiger partial charge in [-0.05, 0) is 45.4 Å². The largest absolute Gasteiger partial charge is 0.493 e. The van der Waals surface area contributed by atoms with E-state index in [1.54, 1.807) is 18.9 Å². The van der Waals surface area contributed by atoms with Crippen LogP contribution < -0.4 is 24.6 Å². The van der Waals surface area contributed by atoms with Crippen molar-refractivity contribution in [2.75, 3.05) is 45.7 Å². The number of hydrogen-bond acceptors (Lipinski definition) is 4. The number of anilines is 1. The van der Waals surface area contributed by atoms with Gasteiger partial charge in [0.2, 0.25) is 0 Å². The van der Waals surface area contributed by atoms with E-state index in [0.717, 1.165) is 61.3 Å². The highest BCUT2D eigenvalue weighted by Crippen LogP contribution is 2.29. The Labute approximate surface area is 185 Å². The minimum absolute atomic E-state index is 0.0633. The number of nitrogens with one attached hydrogen (secondary N) is 3. The lowest BCUT2D eigenvalue weighted by atomic mass is 10.1. The minimum Gasteiger partial charge on any atom is -0.493 e. The molecule has 1 aliphatic rings. The molecule has 1 aliphatic heterocycles. The van der Waals surface area contributed by atoms with Gasteiger partial charge in [-0.25, -0.2) is 0 Å². The van der Waals surface area contributed by atoms with Gasteiger partial charge in [-0.1, -0.05) is 0 Å². The molecule has 3 N–H and O–H groups in total. The predicted octanol–water partition coefficient (Wildman–Crippen LogP) is -0.327. The molecule has 1 atom stereocenters. The third-order valence-electron chi connectivity index (χ3n) is 6.64. The van der Waals surface area contributed by atoms with Crippen molar-refractivity contribution in [3.63, 3.8) is 0 Å². The second kappa shape index (κ2) is 9.70. The molecule has 1 aromatic heterocycles. The van der Waals surface area contributed by atoms with E-state index in [1.165, 1.54) is 20.9 Å². The summed E-state index contributed by atoms with van der Waals surface area (Å²) >= 11 is 0. The van der Waals surface area contributed by atoms with Crippen molar-refractivity contribution in [1.82, 2.24) is 9.78 Å². The molecule has 0 spiro atoms. The first-order valence-corrected chi connectivity index (χ1v) is 11.0. The van der Waals surface area contributed by atoms with Crippen molar-refractivity contribution in [1.29, 1.82) is 0 Å². The summed E-state index contributed by atoms with van der Waals surface area (Å²) < 4.78 is 12.7. The Morgan fingerprint density at radius 3 is 2.29 bits per heavy atom. The SMILES string of the molecule is COc1cc(C)c(C[NH+]2CC[NH+]([C@H](C)C(=O)Nc3c(C)nn(C)c3C)CC2)cc1OC. The molecule has 2 heterocycles. The number of aromatic nitrogens is 2. The van der Waals surface area contributed by atoms with E-state index in [4.69, 9.17) is 9.47 Å². The standard InChI is InChI=1S/C23H35N5O3/c1-15-12-20(30-6)21(31-7)13-19(15)14-27-8-10-28(11-9-27)18(4)23(29)24-22-16(2)25-26(5)17(22)3/h12-13,18H,8-11,14H2,1-7H3,(H,24,29)/p+2/t18-/m1/s1. The third kappa shape index (κ3) is 5.02. The Balaban J connectivity index is 1.57. The van der Waals surface area contributed by atoms with Crippen LogP contribution in [0.2, 0.25) is 0 Å². The van der Waals surface area contributed by atoms with Gasteiger partial charge in [0.1, 0.15) is 32.7 Å². The second-order valence-corrected chi connectivity index (χ2v) is 8.60. The van der Waals surface area contributed by atoms with E-state index >= 15 is 0 Å². The van der Waals surface area contributed by atoms with Crippen LogP contribution in [-0.4, -0.2) is 62.1 Å². The average Bonchev–Trinajstić information content (AvgIpc) is 3.00. The Morgan fingerprint density at radius 1 is 1.13 bits per heavy atom. The van der Waals surface area contributed by atoms with E-state index in [9.17, 15) is 4.79 Å². The van der Waals surface area contributed by atoms with Crippen LogP contribution in [0.5, 0.6) is 11.5 Å². The number of hydrogen-bond donors (Lipinski definition) is 3. The number of carbonyl (C=O) groups is 1. The van der Waals surface area contributed by atoms with Crippen LogP contribution in [-0.2, 0) is 18.4 Å². The van der Waals surface area contributed by atoms with E-state index in [-0.39, 0.29) is 11.9 Å². The summed E-state index contributed by atoms with van der Waals surface area (Å²) in [4.78, 5) is 15.7. The lowest BCUT2D eigenvalue weighted by Crippen LogP contribution is -3.29. The molecule has 0 unspecified atom stereocenters. The Kier molecular flexibility index (Phi) is 7.23. The molecule has 0 radical (unpaired) electrons. The maximum Gasteiger partial charge on any atom is 0.282 e. The van der Waals surface area contributed by atoms with E-state index in [2.05, 4.69) is 23.4 Å². The molecule has 1 saturated heterocycles. The number of carbonyl (C=O) groups excluding carboxylic acids is 1. The van der Waals surface area contributed by atoms with Crippen molar-refractivity contribution in [2.45, 2.75) is 40.3 Å². The first-order chi connectivity index (χ1) is 14.7. The average molecular weight is 432 g/mol. The van der Waals surface area contributed by atoms with Crippen molar-refractivity contribution < 1.29 is 24.1 Å². The van der Waals surface area contributed by atoms with Crippen molar-refractivity contribution in [3.8, 4) is 11.5 Å². The summed E-state index contributed by atoms with van der Waals surface area (Å²) in [6.45, 7) is 13.0. The lowest BCUT2D eigenvalue weighted by molar-refractivity contribution is -1.02. The minimum atomic E-state index is -0.0941. The van der Waals surface area contributed by atoms with E-state index < -0.39 is 0 Å². The van der Waals surface area contributed by atoms with Gasteiger partial charge in [0.25, 0.3) is 5.91 Å². The number of methoxy groups -OCH3 is 2. The van der Waals surface area contributed by atoms with Gasteiger partial charge in [0, 0.05) is 12.6 Å². The molecule has 2 aromatic rings. The zero-order valence-corrected chi connectivity index (χ0v) is 19.9. The zero-order chi connectivity index (χ0) is 22.7. The van der Waals surface area contributed by atoms with E-state index in [0.29, 0.717) is 0 Å². The number of quaternary nitrogens is 2. The molecule has 0 aliphatic carbocycles. The van der Waals surface area contributed by atoms with Crippen LogP contribution in [0, 0.1) is 20.8 Å². The van der Waals surface area contributed by atoms with Crippen molar-refractivity contribution in [3.05, 3.63) is 34.6 Å². The number of ether oxygens (including phenoxy) is 2. The van der Waals surface area contributed by atoms with Gasteiger partial charge >= 0.3 is 0 Å². The monoisotopic (exact) mass is 431 g/mol.